The van der Waals surface area contributed by atoms with Crippen LogP contribution >= 0.6 is 0 Å². The first kappa shape index (κ1) is 21.7. The van der Waals surface area contributed by atoms with Gasteiger partial charge in [-0.2, -0.15) is 0 Å². The number of aliphatic hydroxyl groups is 1. The monoisotopic (exact) mass is 378 g/mol. The molecule has 0 radical (unpaired) electrons. The van der Waals surface area contributed by atoms with E-state index < -0.39 is 18.2 Å². The van der Waals surface area contributed by atoms with E-state index in [1.54, 1.807) is 6.92 Å². The zero-order valence-electron chi connectivity index (χ0n) is 17.2. The molecule has 0 unspecified atom stereocenters. The first-order valence-electron chi connectivity index (χ1n) is 9.87. The number of fused-ring (bicyclic) bond motifs is 1. The number of carbonyl (C=O) groups excluding carboxylic acids is 1. The van der Waals surface area contributed by atoms with Crippen LogP contribution in [0.1, 0.15) is 66.7 Å². The van der Waals surface area contributed by atoms with Crippen LogP contribution in [0.15, 0.2) is 23.8 Å². The van der Waals surface area contributed by atoms with E-state index in [4.69, 9.17) is 9.84 Å². The maximum atomic E-state index is 11.9. The molecule has 0 bridgehead atoms. The highest BCUT2D eigenvalue weighted by atomic mass is 16.5. The van der Waals surface area contributed by atoms with E-state index in [2.05, 4.69) is 27.4 Å². The summed E-state index contributed by atoms with van der Waals surface area (Å²) in [5.74, 6) is -0.819. The van der Waals surface area contributed by atoms with Crippen molar-refractivity contribution in [1.82, 2.24) is 0 Å². The van der Waals surface area contributed by atoms with E-state index in [9.17, 15) is 14.7 Å². The maximum Gasteiger partial charge on any atom is 0.328 e. The van der Waals surface area contributed by atoms with E-state index in [0.29, 0.717) is 24.3 Å². The Bertz CT molecular complexity index is 651. The predicted octanol–water partition coefficient (Wildman–Crippen LogP) is 4.11. The van der Waals surface area contributed by atoms with Crippen molar-refractivity contribution in [3.8, 4) is 0 Å². The summed E-state index contributed by atoms with van der Waals surface area (Å²) in [5.41, 5.74) is 1.04. The third-order valence-corrected chi connectivity index (χ3v) is 7.42. The van der Waals surface area contributed by atoms with Crippen molar-refractivity contribution in [3.05, 3.63) is 23.8 Å². The fourth-order valence-corrected chi connectivity index (χ4v) is 5.62. The summed E-state index contributed by atoms with van der Waals surface area (Å²) < 4.78 is 5.81. The van der Waals surface area contributed by atoms with Crippen molar-refractivity contribution >= 4 is 11.9 Å². The third-order valence-electron chi connectivity index (χ3n) is 7.42. The van der Waals surface area contributed by atoms with Gasteiger partial charge in [0, 0.05) is 24.8 Å². The molecule has 6 atom stereocenters. The summed E-state index contributed by atoms with van der Waals surface area (Å²) in [6.45, 7) is 13.9. The van der Waals surface area contributed by atoms with Crippen LogP contribution < -0.4 is 0 Å². The zero-order chi connectivity index (χ0) is 20.6. The van der Waals surface area contributed by atoms with Crippen molar-refractivity contribution in [1.29, 1.82) is 0 Å². The zero-order valence-corrected chi connectivity index (χ0v) is 17.2. The minimum absolute atomic E-state index is 0.207. The summed E-state index contributed by atoms with van der Waals surface area (Å²) in [6, 6.07) is 0. The number of esters is 1. The van der Waals surface area contributed by atoms with Crippen LogP contribution in [0, 0.1) is 22.7 Å². The van der Waals surface area contributed by atoms with Gasteiger partial charge in [0.15, 0.2) is 0 Å². The molecule has 2 saturated carbocycles. The van der Waals surface area contributed by atoms with Gasteiger partial charge in [-0.25, -0.2) is 4.79 Å². The number of hydrogen-bond donors (Lipinski definition) is 2. The van der Waals surface area contributed by atoms with E-state index >= 15 is 0 Å². The first-order valence-corrected chi connectivity index (χ1v) is 9.87. The van der Waals surface area contributed by atoms with Crippen molar-refractivity contribution in [2.24, 2.45) is 22.7 Å². The molecule has 2 N–H and O–H groups in total. The lowest BCUT2D eigenvalue weighted by molar-refractivity contribution is -0.175. The lowest BCUT2D eigenvalue weighted by atomic mass is 9.45. The van der Waals surface area contributed by atoms with Gasteiger partial charge in [-0.1, -0.05) is 32.9 Å². The molecule has 2 aliphatic rings. The molecule has 2 rings (SSSR count). The quantitative estimate of drug-likeness (QED) is 0.427. The predicted molar refractivity (Wildman–Crippen MR) is 104 cm³/mol. The number of carboxylic acids is 1. The Morgan fingerprint density at radius 2 is 1.93 bits per heavy atom. The molecule has 0 aliphatic heterocycles. The second-order valence-corrected chi connectivity index (χ2v) is 9.03. The first-order chi connectivity index (χ1) is 12.4. The molecule has 0 aromatic carbocycles. The Morgan fingerprint density at radius 1 is 1.30 bits per heavy atom. The molecule has 27 heavy (non-hydrogen) atoms. The second kappa shape index (κ2) is 7.78. The van der Waals surface area contributed by atoms with Crippen molar-refractivity contribution in [2.45, 2.75) is 78.9 Å². The normalized spacial score (nSPS) is 38.1. The topological polar surface area (TPSA) is 83.8 Å². The molecule has 0 aromatic rings. The number of carbonyl (C=O) groups is 2. The van der Waals surface area contributed by atoms with Crippen molar-refractivity contribution in [2.75, 3.05) is 0 Å². The average molecular weight is 379 g/mol. The van der Waals surface area contributed by atoms with Gasteiger partial charge in [0.2, 0.25) is 0 Å². The van der Waals surface area contributed by atoms with Gasteiger partial charge in [-0.05, 0) is 55.4 Å². The SMILES string of the molecule is C=C1[C@@H](O)CC[C@H]2[C@@](C)([C@@H](C/C(C)=C/C(=O)O)OC(C)=O)[C@H](C)CC[C@@]12C. The van der Waals surface area contributed by atoms with Gasteiger partial charge < -0.3 is 14.9 Å². The maximum absolute atomic E-state index is 11.9. The molecular weight excluding hydrogens is 344 g/mol. The highest BCUT2D eigenvalue weighted by molar-refractivity contribution is 5.80. The highest BCUT2D eigenvalue weighted by Crippen LogP contribution is 2.63. The van der Waals surface area contributed by atoms with Crippen molar-refractivity contribution in [3.63, 3.8) is 0 Å². The average Bonchev–Trinajstić information content (AvgIpc) is 2.54. The minimum Gasteiger partial charge on any atom is -0.478 e. The van der Waals surface area contributed by atoms with E-state index in [-0.39, 0.29) is 22.7 Å². The van der Waals surface area contributed by atoms with Gasteiger partial charge in [0.25, 0.3) is 0 Å². The third kappa shape index (κ3) is 3.98. The smallest absolute Gasteiger partial charge is 0.328 e. The molecule has 5 nitrogen and oxygen atoms in total. The molecular formula is C22H34O5. The molecule has 0 amide bonds. The van der Waals surface area contributed by atoms with Gasteiger partial charge in [0.05, 0.1) is 6.10 Å². The number of aliphatic hydroxyl groups excluding tert-OH is 1. The Morgan fingerprint density at radius 3 is 2.48 bits per heavy atom. The summed E-state index contributed by atoms with van der Waals surface area (Å²) in [4.78, 5) is 23.0. The van der Waals surface area contributed by atoms with E-state index in [1.807, 2.05) is 0 Å². The van der Waals surface area contributed by atoms with Gasteiger partial charge in [-0.15, -0.1) is 0 Å². The molecule has 5 heteroatoms. The Hall–Kier alpha value is -1.62. The molecule has 0 spiro atoms. The molecule has 152 valence electrons. The molecule has 0 saturated heterocycles. The Balaban J connectivity index is 2.47. The summed E-state index contributed by atoms with van der Waals surface area (Å²) in [7, 11) is 0. The molecule has 0 aromatic heterocycles. The number of aliphatic carboxylic acids is 1. The van der Waals surface area contributed by atoms with Crippen LogP contribution in [0.2, 0.25) is 0 Å². The van der Waals surface area contributed by atoms with E-state index in [0.717, 1.165) is 24.8 Å². The Kier molecular flexibility index (Phi) is 6.25. The van der Waals surface area contributed by atoms with Crippen LogP contribution in [-0.2, 0) is 14.3 Å². The molecule has 0 heterocycles. The summed E-state index contributed by atoms with van der Waals surface area (Å²) in [6.07, 6.45) is 4.12. The molecule has 2 fully saturated rings. The molecule has 2 aliphatic carbocycles. The van der Waals surface area contributed by atoms with Crippen LogP contribution in [0.3, 0.4) is 0 Å². The summed E-state index contributed by atoms with van der Waals surface area (Å²) >= 11 is 0. The number of rotatable bonds is 5. The fraction of sp³-hybridized carbons (Fsp3) is 0.727. The lowest BCUT2D eigenvalue weighted by Gasteiger charge is -2.61. The fourth-order valence-electron chi connectivity index (χ4n) is 5.62. The van der Waals surface area contributed by atoms with Crippen LogP contribution in [0.5, 0.6) is 0 Å². The number of carboxylic acid groups (broad SMARTS) is 1. The largest absolute Gasteiger partial charge is 0.478 e. The second-order valence-electron chi connectivity index (χ2n) is 9.03. The van der Waals surface area contributed by atoms with E-state index in [1.165, 1.54) is 13.0 Å². The number of ether oxygens (including phenoxy) is 1. The van der Waals surface area contributed by atoms with Crippen molar-refractivity contribution < 1.29 is 24.5 Å². The highest BCUT2D eigenvalue weighted by Gasteiger charge is 2.59. The van der Waals surface area contributed by atoms with Crippen LogP contribution in [0.25, 0.3) is 0 Å². The van der Waals surface area contributed by atoms with Gasteiger partial charge in [0.1, 0.15) is 6.10 Å². The minimum atomic E-state index is -0.991. The van der Waals surface area contributed by atoms with Crippen LogP contribution in [-0.4, -0.2) is 34.4 Å². The van der Waals surface area contributed by atoms with Gasteiger partial charge >= 0.3 is 11.9 Å². The van der Waals surface area contributed by atoms with Gasteiger partial charge in [-0.3, -0.25) is 4.79 Å². The Labute approximate surface area is 162 Å². The lowest BCUT2D eigenvalue weighted by Crippen LogP contribution is -2.58. The standard InChI is InChI=1S/C22H34O5/c1-13(12-20(25)26)11-19(27-16(4)23)22(6)14(2)9-10-21(5)15(3)17(24)7-8-18(21)22/h12,14,17-19,24H,3,7-11H2,1-2,4-6H3,(H,25,26)/b13-12+/t14-,17+,18-,19-,21+,22+/m1/s1. The van der Waals surface area contributed by atoms with Crippen LogP contribution in [0.4, 0.5) is 0 Å². The summed E-state index contributed by atoms with van der Waals surface area (Å²) in [5, 5.41) is 19.5. The number of hydrogen-bond acceptors (Lipinski definition) is 4.